The maximum Gasteiger partial charge on any atom is 0.339 e. The molecule has 118 valence electrons. The molecule has 0 heterocycles. The molecular formula is C16H23ClO4. The highest BCUT2D eigenvalue weighted by Gasteiger charge is 2.18. The number of carbonyl (C=O) groups is 1. The average molecular weight is 315 g/mol. The largest absolute Gasteiger partial charge is 0.493 e. The van der Waals surface area contributed by atoms with E-state index in [0.29, 0.717) is 17.4 Å². The van der Waals surface area contributed by atoms with Crippen LogP contribution in [0.25, 0.3) is 0 Å². The van der Waals surface area contributed by atoms with Gasteiger partial charge in [-0.05, 0) is 12.5 Å². The molecule has 21 heavy (non-hydrogen) atoms. The van der Waals surface area contributed by atoms with Crippen molar-refractivity contribution < 1.29 is 19.4 Å². The van der Waals surface area contributed by atoms with Crippen molar-refractivity contribution in [3.05, 3.63) is 22.7 Å². The highest BCUT2D eigenvalue weighted by molar-refractivity contribution is 6.31. The van der Waals surface area contributed by atoms with Gasteiger partial charge in [-0.1, -0.05) is 50.6 Å². The van der Waals surface area contributed by atoms with Crippen LogP contribution in [-0.2, 0) is 0 Å². The predicted octanol–water partition coefficient (Wildman–Crippen LogP) is 4.79. The number of hydrogen-bond donors (Lipinski definition) is 1. The van der Waals surface area contributed by atoms with Crippen LogP contribution in [0.4, 0.5) is 0 Å². The van der Waals surface area contributed by atoms with Crippen LogP contribution in [0.3, 0.4) is 0 Å². The molecule has 0 aliphatic heterocycles. The molecule has 0 saturated heterocycles. The first-order chi connectivity index (χ1) is 10.1. The van der Waals surface area contributed by atoms with Crippen LogP contribution in [0, 0.1) is 0 Å². The second-order valence-corrected chi connectivity index (χ2v) is 5.34. The number of benzene rings is 1. The van der Waals surface area contributed by atoms with E-state index >= 15 is 0 Å². The van der Waals surface area contributed by atoms with E-state index in [4.69, 9.17) is 21.1 Å². The highest BCUT2D eigenvalue weighted by atomic mass is 35.5. The number of unbranched alkanes of at least 4 members (excludes halogenated alkanes) is 5. The Kier molecular flexibility index (Phi) is 7.98. The summed E-state index contributed by atoms with van der Waals surface area (Å²) in [5.74, 6) is -0.470. The van der Waals surface area contributed by atoms with Crippen molar-refractivity contribution in [1.82, 2.24) is 0 Å². The predicted molar refractivity (Wildman–Crippen MR) is 83.8 cm³/mol. The van der Waals surface area contributed by atoms with Crippen molar-refractivity contribution in [2.24, 2.45) is 0 Å². The molecule has 0 aliphatic rings. The van der Waals surface area contributed by atoms with E-state index in [1.165, 1.54) is 38.9 Å². The molecule has 0 aromatic heterocycles. The molecule has 1 aromatic carbocycles. The lowest BCUT2D eigenvalue weighted by Crippen LogP contribution is -2.06. The molecule has 1 rings (SSSR count). The summed E-state index contributed by atoms with van der Waals surface area (Å²) in [5.41, 5.74) is 0.0327. The first kappa shape index (κ1) is 17.6. The average Bonchev–Trinajstić information content (AvgIpc) is 2.46. The third kappa shape index (κ3) is 5.84. The Balaban J connectivity index is 2.59. The summed E-state index contributed by atoms with van der Waals surface area (Å²) >= 11 is 5.88. The van der Waals surface area contributed by atoms with E-state index in [1.807, 2.05) is 0 Å². The van der Waals surface area contributed by atoms with Crippen LogP contribution in [0.1, 0.15) is 55.8 Å². The van der Waals surface area contributed by atoms with Crippen molar-refractivity contribution in [3.8, 4) is 11.5 Å². The smallest absolute Gasteiger partial charge is 0.339 e. The van der Waals surface area contributed by atoms with Gasteiger partial charge >= 0.3 is 5.97 Å². The number of carboxylic acids is 1. The van der Waals surface area contributed by atoms with Gasteiger partial charge in [0.2, 0.25) is 0 Å². The molecule has 0 aliphatic carbocycles. The standard InChI is InChI=1S/C16H23ClO4/c1-3-4-5-6-7-8-9-21-15-13(16(18)19)10-12(17)11-14(15)20-2/h10-11H,3-9H2,1-2H3,(H,18,19). The summed E-state index contributed by atoms with van der Waals surface area (Å²) < 4.78 is 10.8. The first-order valence-corrected chi connectivity index (χ1v) is 7.71. The first-order valence-electron chi connectivity index (χ1n) is 7.33. The van der Waals surface area contributed by atoms with Gasteiger partial charge in [0.15, 0.2) is 11.5 Å². The van der Waals surface area contributed by atoms with Gasteiger partial charge in [-0.2, -0.15) is 0 Å². The quantitative estimate of drug-likeness (QED) is 0.631. The highest BCUT2D eigenvalue weighted by Crippen LogP contribution is 2.34. The lowest BCUT2D eigenvalue weighted by Gasteiger charge is -2.13. The number of rotatable bonds is 10. The van der Waals surface area contributed by atoms with Gasteiger partial charge in [-0.25, -0.2) is 4.79 Å². The molecule has 0 fully saturated rings. The summed E-state index contributed by atoms with van der Waals surface area (Å²) in [6, 6.07) is 2.94. The zero-order valence-electron chi connectivity index (χ0n) is 12.7. The van der Waals surface area contributed by atoms with Crippen LogP contribution in [0.5, 0.6) is 11.5 Å². The van der Waals surface area contributed by atoms with Gasteiger partial charge < -0.3 is 14.6 Å². The second-order valence-electron chi connectivity index (χ2n) is 4.91. The molecule has 4 nitrogen and oxygen atoms in total. The number of methoxy groups -OCH3 is 1. The molecule has 0 bridgehead atoms. The van der Waals surface area contributed by atoms with Crippen molar-refractivity contribution in [1.29, 1.82) is 0 Å². The number of hydrogen-bond acceptors (Lipinski definition) is 3. The van der Waals surface area contributed by atoms with Crippen molar-refractivity contribution in [2.75, 3.05) is 13.7 Å². The summed E-state index contributed by atoms with van der Waals surface area (Å²) in [7, 11) is 1.47. The third-order valence-corrected chi connectivity index (χ3v) is 3.43. The summed E-state index contributed by atoms with van der Waals surface area (Å²) in [6.45, 7) is 2.66. The van der Waals surface area contributed by atoms with Crippen LogP contribution in [0.2, 0.25) is 5.02 Å². The zero-order chi connectivity index (χ0) is 15.7. The Hall–Kier alpha value is -1.42. The topological polar surface area (TPSA) is 55.8 Å². The van der Waals surface area contributed by atoms with E-state index in [0.717, 1.165) is 12.8 Å². The molecule has 0 radical (unpaired) electrons. The molecule has 0 spiro atoms. The maximum atomic E-state index is 11.3. The SMILES string of the molecule is CCCCCCCCOc1c(OC)cc(Cl)cc1C(=O)O. The fraction of sp³-hybridized carbons (Fsp3) is 0.562. The Bertz CT molecular complexity index is 460. The molecule has 0 amide bonds. The lowest BCUT2D eigenvalue weighted by molar-refractivity contribution is 0.0691. The molecular weight excluding hydrogens is 292 g/mol. The molecule has 1 aromatic rings. The minimum absolute atomic E-state index is 0.0327. The third-order valence-electron chi connectivity index (χ3n) is 3.21. The fourth-order valence-electron chi connectivity index (χ4n) is 2.08. The van der Waals surface area contributed by atoms with Gasteiger partial charge in [-0.3, -0.25) is 0 Å². The molecule has 1 N–H and O–H groups in total. The Labute approximate surface area is 131 Å². The van der Waals surface area contributed by atoms with Gasteiger partial charge in [0.05, 0.1) is 13.7 Å². The molecule has 0 atom stereocenters. The van der Waals surface area contributed by atoms with Crippen LogP contribution in [0.15, 0.2) is 12.1 Å². The number of ether oxygens (including phenoxy) is 2. The van der Waals surface area contributed by atoms with E-state index < -0.39 is 5.97 Å². The minimum atomic E-state index is -1.08. The summed E-state index contributed by atoms with van der Waals surface area (Å²) in [6.07, 6.45) is 6.88. The van der Waals surface area contributed by atoms with Crippen molar-refractivity contribution >= 4 is 17.6 Å². The van der Waals surface area contributed by atoms with E-state index in [1.54, 1.807) is 6.07 Å². The Morgan fingerprint density at radius 1 is 1.19 bits per heavy atom. The van der Waals surface area contributed by atoms with E-state index in [-0.39, 0.29) is 11.3 Å². The van der Waals surface area contributed by atoms with E-state index in [9.17, 15) is 9.90 Å². The van der Waals surface area contributed by atoms with Crippen LogP contribution >= 0.6 is 11.6 Å². The van der Waals surface area contributed by atoms with Crippen molar-refractivity contribution in [3.63, 3.8) is 0 Å². The fourth-order valence-corrected chi connectivity index (χ4v) is 2.29. The van der Waals surface area contributed by atoms with Gasteiger partial charge in [0, 0.05) is 11.1 Å². The summed E-state index contributed by atoms with van der Waals surface area (Å²) in [4.78, 5) is 11.3. The van der Waals surface area contributed by atoms with Gasteiger partial charge in [0.25, 0.3) is 0 Å². The second kappa shape index (κ2) is 9.50. The van der Waals surface area contributed by atoms with Gasteiger partial charge in [-0.15, -0.1) is 0 Å². The number of aromatic carboxylic acids is 1. The minimum Gasteiger partial charge on any atom is -0.493 e. The lowest BCUT2D eigenvalue weighted by atomic mass is 10.1. The molecule has 5 heteroatoms. The number of carboxylic acid groups (broad SMARTS) is 1. The number of halogens is 1. The Morgan fingerprint density at radius 2 is 1.86 bits per heavy atom. The van der Waals surface area contributed by atoms with Crippen molar-refractivity contribution in [2.45, 2.75) is 45.4 Å². The maximum absolute atomic E-state index is 11.3. The van der Waals surface area contributed by atoms with Crippen LogP contribution in [-0.4, -0.2) is 24.8 Å². The zero-order valence-corrected chi connectivity index (χ0v) is 13.4. The normalized spacial score (nSPS) is 10.4. The van der Waals surface area contributed by atoms with Crippen LogP contribution < -0.4 is 9.47 Å². The van der Waals surface area contributed by atoms with Gasteiger partial charge in [0.1, 0.15) is 5.56 Å². The van der Waals surface area contributed by atoms with E-state index in [2.05, 4.69) is 6.92 Å². The summed E-state index contributed by atoms with van der Waals surface area (Å²) in [5, 5.41) is 9.53. The Morgan fingerprint density at radius 3 is 2.48 bits per heavy atom. The molecule has 0 saturated carbocycles. The molecule has 0 unspecified atom stereocenters. The monoisotopic (exact) mass is 314 g/mol.